The van der Waals surface area contributed by atoms with Gasteiger partial charge in [-0.25, -0.2) is 4.39 Å². The van der Waals surface area contributed by atoms with E-state index in [0.717, 1.165) is 48.3 Å². The average molecular weight is 560 g/mol. The second-order valence-corrected chi connectivity index (χ2v) is 12.5. The molecule has 2 aromatic carbocycles. The van der Waals surface area contributed by atoms with Gasteiger partial charge >= 0.3 is 0 Å². The van der Waals surface area contributed by atoms with Gasteiger partial charge in [0.15, 0.2) is 5.78 Å². The Morgan fingerprint density at radius 3 is 2.11 bits per heavy atom. The number of phenols is 1. The molecule has 196 valence electrons. The normalized spacial score (nSPS) is 19.8. The first-order valence-corrected chi connectivity index (χ1v) is 13.6. The molecule has 0 bridgehead atoms. The van der Waals surface area contributed by atoms with E-state index in [0.29, 0.717) is 11.5 Å². The number of benzene rings is 2. The summed E-state index contributed by atoms with van der Waals surface area (Å²) in [6.07, 6.45) is 2.83. The molecule has 0 amide bonds. The van der Waals surface area contributed by atoms with Gasteiger partial charge in [0, 0.05) is 29.2 Å². The van der Waals surface area contributed by atoms with Gasteiger partial charge in [-0.15, -0.1) is 0 Å². The minimum Gasteiger partial charge on any atom is -0.507 e. The van der Waals surface area contributed by atoms with Crippen LogP contribution in [0.15, 0.2) is 40.4 Å². The van der Waals surface area contributed by atoms with Crippen LogP contribution < -0.4 is 0 Å². The number of likely N-dealkylation sites (tertiary alicyclic amines) is 1. The highest BCUT2D eigenvalue weighted by molar-refractivity contribution is 9.08. The number of amidine groups is 1. The summed E-state index contributed by atoms with van der Waals surface area (Å²) in [7, 11) is 0. The standard InChI is InChI=1S/C30H40BrFN2O2/c1-8-9-20-17-34(28(33-31)23(20)14-19-10-12-22(32)13-11-19)18-26(35)21-15-24(29(2,3)4)27(36)25(16-21)30(5,6)7/h10-13,15-16,20,23,36H,8-9,14,17-18H2,1-7H3/b33-28-/t20-,23+/m0/s1. The molecule has 1 N–H and O–H groups in total. The number of hydrogen-bond donors (Lipinski definition) is 1. The molecule has 2 aromatic rings. The van der Waals surface area contributed by atoms with E-state index in [1.54, 1.807) is 0 Å². The minimum absolute atomic E-state index is 0.0114. The Kier molecular flexibility index (Phi) is 8.70. The van der Waals surface area contributed by atoms with Crippen molar-refractivity contribution in [3.05, 3.63) is 64.5 Å². The number of carbonyl (C=O) groups excluding carboxylic acids is 1. The largest absolute Gasteiger partial charge is 0.507 e. The molecular formula is C30H40BrFN2O2. The highest BCUT2D eigenvalue weighted by Gasteiger charge is 2.39. The molecule has 1 aliphatic rings. The second-order valence-electron chi connectivity index (χ2n) is 12.2. The van der Waals surface area contributed by atoms with Crippen molar-refractivity contribution >= 4 is 27.8 Å². The lowest BCUT2D eigenvalue weighted by molar-refractivity contribution is 0.0963. The molecular weight excluding hydrogens is 519 g/mol. The third-order valence-electron chi connectivity index (χ3n) is 7.18. The van der Waals surface area contributed by atoms with Crippen molar-refractivity contribution in [3.8, 4) is 5.75 Å². The summed E-state index contributed by atoms with van der Waals surface area (Å²) < 4.78 is 17.9. The predicted molar refractivity (Wildman–Crippen MR) is 150 cm³/mol. The van der Waals surface area contributed by atoms with Gasteiger partial charge in [0.05, 0.1) is 22.7 Å². The maximum absolute atomic E-state index is 13.7. The van der Waals surface area contributed by atoms with Crippen molar-refractivity contribution in [2.75, 3.05) is 13.1 Å². The fraction of sp³-hybridized carbons (Fsp3) is 0.533. The molecule has 1 fully saturated rings. The molecule has 2 atom stereocenters. The molecule has 0 aliphatic carbocycles. The van der Waals surface area contributed by atoms with Gasteiger partial charge in [0.25, 0.3) is 0 Å². The van der Waals surface area contributed by atoms with Crippen LogP contribution in [0.3, 0.4) is 0 Å². The quantitative estimate of drug-likeness (QED) is 0.356. The fourth-order valence-corrected chi connectivity index (χ4v) is 5.70. The second kappa shape index (κ2) is 11.0. The van der Waals surface area contributed by atoms with Crippen LogP contribution in [0.25, 0.3) is 0 Å². The first kappa shape index (κ1) is 28.4. The number of Topliss-reactive ketones (excluding diaryl/α,β-unsaturated/α-hetero) is 1. The van der Waals surface area contributed by atoms with Crippen LogP contribution in [0.1, 0.15) is 88.4 Å². The SMILES string of the molecule is CCC[C@H]1CN(CC(=O)c2cc(C(C)(C)C)c(O)c(C(C)(C)C)c2)/C(=N\Br)[C@@H]1Cc1ccc(F)cc1. The third-order valence-corrected chi connectivity index (χ3v) is 7.54. The zero-order valence-electron chi connectivity index (χ0n) is 22.7. The van der Waals surface area contributed by atoms with E-state index >= 15 is 0 Å². The highest BCUT2D eigenvalue weighted by atomic mass is 79.9. The van der Waals surface area contributed by atoms with E-state index in [1.165, 1.54) is 12.1 Å². The minimum atomic E-state index is -0.303. The van der Waals surface area contributed by atoms with E-state index in [4.69, 9.17) is 0 Å². The molecule has 0 spiro atoms. The van der Waals surface area contributed by atoms with Crippen molar-refractivity contribution in [2.45, 2.75) is 78.6 Å². The predicted octanol–water partition coefficient (Wildman–Crippen LogP) is 7.61. The van der Waals surface area contributed by atoms with E-state index in [2.05, 4.69) is 32.0 Å². The number of hydrogen-bond acceptors (Lipinski definition) is 3. The highest BCUT2D eigenvalue weighted by Crippen LogP contribution is 2.40. The number of rotatable bonds is 7. The van der Waals surface area contributed by atoms with Gasteiger partial charge in [-0.1, -0.05) is 67.0 Å². The van der Waals surface area contributed by atoms with Crippen LogP contribution in [0.5, 0.6) is 5.75 Å². The summed E-state index contributed by atoms with van der Waals surface area (Å²) in [6.45, 7) is 15.5. The zero-order valence-corrected chi connectivity index (χ0v) is 24.2. The summed E-state index contributed by atoms with van der Waals surface area (Å²) >= 11 is 3.33. The van der Waals surface area contributed by atoms with E-state index in [-0.39, 0.29) is 40.6 Å². The van der Waals surface area contributed by atoms with Crippen molar-refractivity contribution < 1.29 is 14.3 Å². The smallest absolute Gasteiger partial charge is 0.182 e. The summed E-state index contributed by atoms with van der Waals surface area (Å²) in [5, 5.41) is 11.0. The van der Waals surface area contributed by atoms with Crippen molar-refractivity contribution in [1.29, 1.82) is 0 Å². The Labute approximate surface area is 224 Å². The number of carbonyl (C=O) groups is 1. The number of ketones is 1. The van der Waals surface area contributed by atoms with E-state index < -0.39 is 0 Å². The summed E-state index contributed by atoms with van der Waals surface area (Å²) in [6, 6.07) is 10.4. The van der Waals surface area contributed by atoms with Crippen LogP contribution in [0, 0.1) is 17.7 Å². The Hall–Kier alpha value is -2.21. The van der Waals surface area contributed by atoms with Crippen LogP contribution in [0.2, 0.25) is 0 Å². The molecule has 0 unspecified atom stereocenters. The molecule has 0 radical (unpaired) electrons. The van der Waals surface area contributed by atoms with Crippen LogP contribution >= 0.6 is 16.1 Å². The first-order valence-electron chi connectivity index (χ1n) is 12.9. The van der Waals surface area contributed by atoms with E-state index in [1.807, 2.05) is 65.8 Å². The van der Waals surface area contributed by atoms with Crippen molar-refractivity contribution in [2.24, 2.45) is 15.9 Å². The molecule has 0 saturated carbocycles. The molecule has 4 nitrogen and oxygen atoms in total. The lowest BCUT2D eigenvalue weighted by Crippen LogP contribution is -2.33. The molecule has 3 rings (SSSR count). The van der Waals surface area contributed by atoms with E-state index in [9.17, 15) is 14.3 Å². The van der Waals surface area contributed by atoms with Gasteiger partial charge in [0.1, 0.15) is 17.4 Å². The maximum atomic E-state index is 13.7. The Bertz CT molecular complexity index is 1080. The third kappa shape index (κ3) is 6.37. The molecule has 1 heterocycles. The lowest BCUT2D eigenvalue weighted by atomic mass is 9.78. The van der Waals surface area contributed by atoms with Crippen LogP contribution in [-0.2, 0) is 17.3 Å². The summed E-state index contributed by atoms with van der Waals surface area (Å²) in [5.74, 6) is 1.43. The Morgan fingerprint density at radius 1 is 1.08 bits per heavy atom. The van der Waals surface area contributed by atoms with Gasteiger partial charge < -0.3 is 10.0 Å². The van der Waals surface area contributed by atoms with Gasteiger partial charge in [-0.2, -0.15) is 4.02 Å². The first-order chi connectivity index (χ1) is 16.8. The Morgan fingerprint density at radius 2 is 1.64 bits per heavy atom. The number of phenolic OH excluding ortho intramolecular Hbond substituents is 1. The van der Waals surface area contributed by atoms with Crippen LogP contribution in [0.4, 0.5) is 4.39 Å². The zero-order chi connectivity index (χ0) is 26.8. The summed E-state index contributed by atoms with van der Waals surface area (Å²) in [4.78, 5) is 15.8. The molecule has 1 aliphatic heterocycles. The van der Waals surface area contributed by atoms with Crippen molar-refractivity contribution in [1.82, 2.24) is 4.90 Å². The van der Waals surface area contributed by atoms with Crippen molar-refractivity contribution in [3.63, 3.8) is 0 Å². The number of aromatic hydroxyl groups is 1. The van der Waals surface area contributed by atoms with Gasteiger partial charge in [-0.3, -0.25) is 4.79 Å². The lowest BCUT2D eigenvalue weighted by Gasteiger charge is -2.28. The number of nitrogens with zero attached hydrogens (tertiary/aromatic N) is 2. The van der Waals surface area contributed by atoms with Gasteiger partial charge in [0.2, 0.25) is 0 Å². The number of halogens is 2. The van der Waals surface area contributed by atoms with Crippen LogP contribution in [-0.4, -0.2) is 34.7 Å². The fourth-order valence-electron chi connectivity index (χ4n) is 5.21. The average Bonchev–Trinajstić information content (AvgIpc) is 3.09. The molecule has 0 aromatic heterocycles. The molecule has 1 saturated heterocycles. The topological polar surface area (TPSA) is 52.9 Å². The summed E-state index contributed by atoms with van der Waals surface area (Å²) in [5.41, 5.74) is 2.64. The Balaban J connectivity index is 1.92. The molecule has 36 heavy (non-hydrogen) atoms. The van der Waals surface area contributed by atoms with Gasteiger partial charge in [-0.05, 0) is 59.4 Å². The molecule has 6 heteroatoms. The maximum Gasteiger partial charge on any atom is 0.182 e. The monoisotopic (exact) mass is 558 g/mol.